The van der Waals surface area contributed by atoms with Crippen molar-refractivity contribution in [3.05, 3.63) is 70.5 Å². The molecule has 1 N–H and O–H groups in total. The maximum absolute atomic E-state index is 12.6. The van der Waals surface area contributed by atoms with Crippen LogP contribution in [0, 0.1) is 23.2 Å². The highest BCUT2D eigenvalue weighted by Gasteiger charge is 2.29. The van der Waals surface area contributed by atoms with Gasteiger partial charge in [0.1, 0.15) is 0 Å². The van der Waals surface area contributed by atoms with Gasteiger partial charge >= 0.3 is 0 Å². The number of amides is 1. The maximum atomic E-state index is 12.6. The first-order valence-corrected chi connectivity index (χ1v) is 12.9. The van der Waals surface area contributed by atoms with E-state index in [2.05, 4.69) is 50.4 Å². The van der Waals surface area contributed by atoms with Crippen molar-refractivity contribution in [3.8, 4) is 6.07 Å². The Hall–Kier alpha value is -3.13. The summed E-state index contributed by atoms with van der Waals surface area (Å²) in [6.07, 6.45) is 12.4. The fourth-order valence-corrected chi connectivity index (χ4v) is 3.78. The summed E-state index contributed by atoms with van der Waals surface area (Å²) >= 11 is 0. The molecule has 1 fully saturated rings. The van der Waals surface area contributed by atoms with Crippen molar-refractivity contribution in [1.82, 2.24) is 5.32 Å². The van der Waals surface area contributed by atoms with Crippen molar-refractivity contribution < 1.29 is 9.53 Å². The second-order valence-corrected chi connectivity index (χ2v) is 8.48. The van der Waals surface area contributed by atoms with Crippen molar-refractivity contribution in [2.75, 3.05) is 13.7 Å². The van der Waals surface area contributed by atoms with Gasteiger partial charge in [0.05, 0.1) is 31.0 Å². The number of hydrogen-bond acceptors (Lipinski definition) is 4. The van der Waals surface area contributed by atoms with Crippen molar-refractivity contribution in [1.29, 1.82) is 5.26 Å². The van der Waals surface area contributed by atoms with E-state index in [1.807, 2.05) is 20.8 Å². The summed E-state index contributed by atoms with van der Waals surface area (Å²) in [5, 5.41) is 11.9. The molecule has 2 rings (SSSR count). The Kier molecular flexibility index (Phi) is 14.1. The summed E-state index contributed by atoms with van der Waals surface area (Å²) in [6, 6.07) is 8.69. The Bertz CT molecular complexity index is 976. The number of ether oxygens (including phenoxy) is 1. The molecular weight excluding hydrogens is 434 g/mol. The van der Waals surface area contributed by atoms with E-state index in [1.54, 1.807) is 31.4 Å². The smallest absolute Gasteiger partial charge is 0.251 e. The van der Waals surface area contributed by atoms with E-state index >= 15 is 0 Å². The summed E-state index contributed by atoms with van der Waals surface area (Å²) in [7, 11) is 1.57. The lowest BCUT2D eigenvalue weighted by atomic mass is 9.93. The van der Waals surface area contributed by atoms with Crippen LogP contribution in [0.25, 0.3) is 0 Å². The monoisotopic (exact) mass is 477 g/mol. The van der Waals surface area contributed by atoms with Gasteiger partial charge in [0.15, 0.2) is 0 Å². The zero-order chi connectivity index (χ0) is 26.2. The van der Waals surface area contributed by atoms with Gasteiger partial charge in [0, 0.05) is 5.56 Å². The van der Waals surface area contributed by atoms with E-state index in [9.17, 15) is 4.79 Å². The molecule has 0 aromatic heterocycles. The second kappa shape index (κ2) is 16.5. The van der Waals surface area contributed by atoms with Crippen LogP contribution in [0.2, 0.25) is 0 Å². The molecule has 1 atom stereocenters. The van der Waals surface area contributed by atoms with Gasteiger partial charge in [-0.3, -0.25) is 4.79 Å². The lowest BCUT2D eigenvalue weighted by Gasteiger charge is -2.16. The molecular formula is C30H43N3O2. The van der Waals surface area contributed by atoms with Gasteiger partial charge in [-0.2, -0.15) is 5.26 Å². The Morgan fingerprint density at radius 1 is 1.31 bits per heavy atom. The Morgan fingerprint density at radius 2 is 2.03 bits per heavy atom. The fourth-order valence-electron chi connectivity index (χ4n) is 3.78. The molecule has 0 aliphatic heterocycles. The van der Waals surface area contributed by atoms with Crippen molar-refractivity contribution >= 4 is 11.8 Å². The number of rotatable bonds is 11. The highest BCUT2D eigenvalue weighted by molar-refractivity contribution is 5.96. The first kappa shape index (κ1) is 29.9. The zero-order valence-electron chi connectivity index (χ0n) is 22.6. The number of aliphatic imine (C=N–C) groups is 1. The van der Waals surface area contributed by atoms with Gasteiger partial charge in [-0.1, -0.05) is 58.4 Å². The minimum absolute atomic E-state index is 0.163. The van der Waals surface area contributed by atoms with Crippen LogP contribution in [0.15, 0.2) is 64.3 Å². The molecule has 0 bridgehead atoms. The molecule has 1 aromatic rings. The van der Waals surface area contributed by atoms with Crippen LogP contribution in [-0.4, -0.2) is 25.5 Å². The van der Waals surface area contributed by atoms with Crippen LogP contribution >= 0.6 is 0 Å². The van der Waals surface area contributed by atoms with Gasteiger partial charge in [0.25, 0.3) is 5.91 Å². The summed E-state index contributed by atoms with van der Waals surface area (Å²) in [6.45, 7) is 12.6. The van der Waals surface area contributed by atoms with E-state index < -0.39 is 0 Å². The van der Waals surface area contributed by atoms with Gasteiger partial charge in [-0.25, -0.2) is 4.99 Å². The average Bonchev–Trinajstić information content (AvgIpc) is 3.74. The van der Waals surface area contributed by atoms with Gasteiger partial charge < -0.3 is 10.1 Å². The predicted octanol–water partition coefficient (Wildman–Crippen LogP) is 7.37. The summed E-state index contributed by atoms with van der Waals surface area (Å²) in [5.74, 6) is 1.52. The number of methoxy groups -OCH3 is 1. The number of carbonyl (C=O) groups excluding carboxylic acids is 1. The number of nitrogens with one attached hydrogen (secondary N) is 1. The topological polar surface area (TPSA) is 74.5 Å². The van der Waals surface area contributed by atoms with Crippen molar-refractivity contribution in [3.63, 3.8) is 0 Å². The normalized spacial score (nSPS) is 15.5. The lowest BCUT2D eigenvalue weighted by Crippen LogP contribution is -2.30. The highest BCUT2D eigenvalue weighted by atomic mass is 16.5. The molecule has 5 heteroatoms. The van der Waals surface area contributed by atoms with Crippen LogP contribution < -0.4 is 5.32 Å². The first-order chi connectivity index (χ1) is 17.0. The molecule has 0 heterocycles. The number of carbonyl (C=O) groups is 1. The van der Waals surface area contributed by atoms with Crippen molar-refractivity contribution in [2.24, 2.45) is 16.8 Å². The molecule has 0 radical (unpaired) electrons. The molecule has 35 heavy (non-hydrogen) atoms. The van der Waals surface area contributed by atoms with Crippen LogP contribution in [0.4, 0.5) is 0 Å². The maximum Gasteiger partial charge on any atom is 0.251 e. The summed E-state index contributed by atoms with van der Waals surface area (Å²) < 4.78 is 5.54. The van der Waals surface area contributed by atoms with E-state index in [-0.39, 0.29) is 12.5 Å². The Morgan fingerprint density at radius 3 is 2.57 bits per heavy atom. The molecule has 0 saturated heterocycles. The van der Waals surface area contributed by atoms with Crippen LogP contribution in [0.5, 0.6) is 0 Å². The third-order valence-electron chi connectivity index (χ3n) is 5.92. The van der Waals surface area contributed by atoms with Gasteiger partial charge in [-0.05, 0) is 80.7 Å². The SMILES string of the molecule is C/C=C\C(=C/C(CCC)C1CC1)C(N=C(CNC(=O)c1cccc(C#N)c1)OC)=C(C)CC.CC. The fraction of sp³-hybridized carbons (Fsp3) is 0.500. The number of hydrogen-bond donors (Lipinski definition) is 1. The third-order valence-corrected chi connectivity index (χ3v) is 5.92. The zero-order valence-corrected chi connectivity index (χ0v) is 22.6. The van der Waals surface area contributed by atoms with E-state index in [0.717, 1.165) is 30.0 Å². The van der Waals surface area contributed by atoms with Gasteiger partial charge in [-0.15, -0.1) is 0 Å². The summed E-state index contributed by atoms with van der Waals surface area (Å²) in [5.41, 5.74) is 4.09. The molecule has 1 aromatic carbocycles. The molecule has 1 saturated carbocycles. The molecule has 1 unspecified atom stereocenters. The van der Waals surface area contributed by atoms with Crippen LogP contribution in [-0.2, 0) is 4.74 Å². The average molecular weight is 478 g/mol. The molecule has 1 amide bonds. The lowest BCUT2D eigenvalue weighted by molar-refractivity contribution is 0.0957. The molecule has 1 aliphatic rings. The minimum atomic E-state index is -0.268. The summed E-state index contributed by atoms with van der Waals surface area (Å²) in [4.78, 5) is 17.4. The number of nitriles is 1. The van der Waals surface area contributed by atoms with E-state index in [0.29, 0.717) is 22.9 Å². The molecule has 190 valence electrons. The minimum Gasteiger partial charge on any atom is -0.483 e. The number of nitrogens with zero attached hydrogens (tertiary/aromatic N) is 2. The van der Waals surface area contributed by atoms with Crippen molar-refractivity contribution in [2.45, 2.75) is 73.6 Å². The number of benzene rings is 1. The quantitative estimate of drug-likeness (QED) is 0.205. The first-order valence-electron chi connectivity index (χ1n) is 12.9. The molecule has 1 aliphatic carbocycles. The Balaban J connectivity index is 0.00000298. The third kappa shape index (κ3) is 9.94. The van der Waals surface area contributed by atoms with Gasteiger partial charge in [0.2, 0.25) is 5.90 Å². The van der Waals surface area contributed by atoms with Crippen LogP contribution in [0.1, 0.15) is 89.6 Å². The van der Waals surface area contributed by atoms with Crippen LogP contribution in [0.3, 0.4) is 0 Å². The molecule has 0 spiro atoms. The highest BCUT2D eigenvalue weighted by Crippen LogP contribution is 2.41. The molecule has 5 nitrogen and oxygen atoms in total. The standard InChI is InChI=1S/C28H37N3O2.C2H6/c1-6-10-23(22-14-15-22)17-24(11-7-2)27(20(4)8-3)31-26(33-5)19-30-28(32)25-13-9-12-21(16-25)18-29;1-2/h7,9,11-13,16-17,22-23H,6,8,10,14-15,19H2,1-5H3,(H,30,32);1-2H3/b11-7-,24-17+,27-20?,31-26?;. The predicted molar refractivity (Wildman–Crippen MR) is 146 cm³/mol. The second-order valence-electron chi connectivity index (χ2n) is 8.48. The number of allylic oxidation sites excluding steroid dienone is 4. The Labute approximate surface area is 212 Å². The largest absolute Gasteiger partial charge is 0.483 e. The van der Waals surface area contributed by atoms with E-state index in [4.69, 9.17) is 15.0 Å². The van der Waals surface area contributed by atoms with E-state index in [1.165, 1.54) is 24.8 Å².